The first kappa shape index (κ1) is 22.7. The van der Waals surface area contributed by atoms with Crippen LogP contribution in [0, 0.1) is 0 Å². The molecule has 0 aliphatic heterocycles. The average Bonchev–Trinajstić information content (AvgIpc) is 3.43. The van der Waals surface area contributed by atoms with Gasteiger partial charge in [0.05, 0.1) is 28.0 Å². The van der Waals surface area contributed by atoms with E-state index in [1.54, 1.807) is 16.4 Å². The van der Waals surface area contributed by atoms with Gasteiger partial charge in [0, 0.05) is 21.4 Å². The molecule has 0 unspecified atom stereocenters. The Hall–Kier alpha value is -3.13. The monoisotopic (exact) mass is 504 g/mol. The predicted molar refractivity (Wildman–Crippen MR) is 143 cm³/mol. The average molecular weight is 505 g/mol. The van der Waals surface area contributed by atoms with Gasteiger partial charge in [0.1, 0.15) is 0 Å². The Morgan fingerprint density at radius 3 is 2.56 bits per heavy atom. The molecule has 5 rings (SSSR count). The van der Waals surface area contributed by atoms with Crippen molar-refractivity contribution < 1.29 is 0 Å². The van der Waals surface area contributed by atoms with Crippen molar-refractivity contribution in [2.45, 2.75) is 24.1 Å². The van der Waals surface area contributed by atoms with E-state index < -0.39 is 0 Å². The van der Waals surface area contributed by atoms with Gasteiger partial charge in [-0.1, -0.05) is 65.4 Å². The van der Waals surface area contributed by atoms with Crippen LogP contribution < -0.4 is 5.56 Å². The molecule has 8 heteroatoms. The molecule has 0 bridgehead atoms. The van der Waals surface area contributed by atoms with Gasteiger partial charge in [-0.05, 0) is 48.9 Å². The van der Waals surface area contributed by atoms with E-state index in [1.165, 1.54) is 11.3 Å². The second kappa shape index (κ2) is 10.0. The fraction of sp³-hybridized carbons (Fsp3) is 0.115. The van der Waals surface area contributed by atoms with E-state index in [2.05, 4.69) is 10.1 Å². The Morgan fingerprint density at radius 1 is 1.06 bits per heavy atom. The molecular weight excluding hydrogens is 484 g/mol. The van der Waals surface area contributed by atoms with E-state index in [-0.39, 0.29) is 5.56 Å². The number of rotatable bonds is 7. The molecule has 0 atom stereocenters. The molecule has 0 radical (unpaired) electrons. The molecule has 5 nitrogen and oxygen atoms in total. The number of H-pyrrole nitrogens is 1. The SMILES string of the molecule is CC(=NCc1ccccc1)c1c(CSc2ccc(Cl)cc2)[nH]n(-c2nc3ccccc3s2)c1=O. The Bertz CT molecular complexity index is 1490. The summed E-state index contributed by atoms with van der Waals surface area (Å²) in [5, 5.41) is 4.63. The third-order valence-electron chi connectivity index (χ3n) is 5.34. The van der Waals surface area contributed by atoms with E-state index in [1.807, 2.05) is 85.8 Å². The number of hydrogen-bond acceptors (Lipinski definition) is 5. The highest BCUT2D eigenvalue weighted by Gasteiger charge is 2.20. The maximum atomic E-state index is 13.6. The third kappa shape index (κ3) is 4.87. The Balaban J connectivity index is 1.52. The molecule has 170 valence electrons. The van der Waals surface area contributed by atoms with Gasteiger partial charge >= 0.3 is 0 Å². The minimum absolute atomic E-state index is 0.139. The topological polar surface area (TPSA) is 63.0 Å². The Labute approximate surface area is 210 Å². The molecule has 0 amide bonds. The quantitative estimate of drug-likeness (QED) is 0.197. The first-order valence-corrected chi connectivity index (χ1v) is 12.9. The summed E-state index contributed by atoms with van der Waals surface area (Å²) in [5.41, 5.74) is 3.95. The van der Waals surface area contributed by atoms with E-state index >= 15 is 0 Å². The molecule has 0 fully saturated rings. The zero-order valence-corrected chi connectivity index (χ0v) is 20.8. The number of nitrogens with zero attached hydrogens (tertiary/aromatic N) is 3. The summed E-state index contributed by atoms with van der Waals surface area (Å²) in [5.74, 6) is 0.586. The summed E-state index contributed by atoms with van der Waals surface area (Å²) in [6.07, 6.45) is 0. The van der Waals surface area contributed by atoms with E-state index in [4.69, 9.17) is 16.6 Å². The molecular formula is C26H21ClN4OS2. The molecule has 0 spiro atoms. The number of fused-ring (bicyclic) bond motifs is 1. The number of benzene rings is 3. The smallest absolute Gasteiger partial charge is 0.282 e. The summed E-state index contributed by atoms with van der Waals surface area (Å²) in [6, 6.07) is 25.6. The van der Waals surface area contributed by atoms with Crippen LogP contribution in [0.3, 0.4) is 0 Å². The van der Waals surface area contributed by atoms with Crippen molar-refractivity contribution in [2.75, 3.05) is 0 Å². The summed E-state index contributed by atoms with van der Waals surface area (Å²) in [7, 11) is 0. The number of thioether (sulfide) groups is 1. The lowest BCUT2D eigenvalue weighted by Crippen LogP contribution is -2.19. The first-order valence-electron chi connectivity index (χ1n) is 10.7. The molecule has 0 saturated carbocycles. The Kier molecular flexibility index (Phi) is 6.67. The largest absolute Gasteiger partial charge is 0.291 e. The Morgan fingerprint density at radius 2 is 1.79 bits per heavy atom. The number of aromatic amines is 1. The van der Waals surface area contributed by atoms with Crippen molar-refractivity contribution in [1.82, 2.24) is 14.8 Å². The number of aliphatic imine (C=N–C) groups is 1. The van der Waals surface area contributed by atoms with Gasteiger partial charge in [0.15, 0.2) is 0 Å². The van der Waals surface area contributed by atoms with Crippen molar-refractivity contribution in [1.29, 1.82) is 0 Å². The van der Waals surface area contributed by atoms with Crippen LogP contribution in [0.2, 0.25) is 5.02 Å². The number of thiazole rings is 1. The van der Waals surface area contributed by atoms with Crippen LogP contribution in [0.15, 0.2) is 93.5 Å². The highest BCUT2D eigenvalue weighted by atomic mass is 35.5. The van der Waals surface area contributed by atoms with Crippen LogP contribution in [0.25, 0.3) is 15.3 Å². The molecule has 5 aromatic rings. The van der Waals surface area contributed by atoms with Crippen LogP contribution in [-0.2, 0) is 12.3 Å². The summed E-state index contributed by atoms with van der Waals surface area (Å²) < 4.78 is 2.58. The van der Waals surface area contributed by atoms with Crippen molar-refractivity contribution in [2.24, 2.45) is 4.99 Å². The van der Waals surface area contributed by atoms with Crippen LogP contribution in [0.5, 0.6) is 0 Å². The predicted octanol–water partition coefficient (Wildman–Crippen LogP) is 6.73. The fourth-order valence-corrected chi connectivity index (χ4v) is 5.51. The van der Waals surface area contributed by atoms with Crippen molar-refractivity contribution in [3.8, 4) is 5.13 Å². The van der Waals surface area contributed by atoms with Crippen molar-refractivity contribution in [3.05, 3.63) is 111 Å². The van der Waals surface area contributed by atoms with Gasteiger partial charge in [-0.2, -0.15) is 4.68 Å². The van der Waals surface area contributed by atoms with Crippen molar-refractivity contribution >= 4 is 50.6 Å². The standard InChI is InChI=1S/C26H21ClN4OS2/c1-17(28-15-18-7-3-2-4-8-18)24-22(16-33-20-13-11-19(27)12-14-20)30-31(25(24)32)26-29-21-9-5-6-10-23(21)34-26/h2-14,30H,15-16H2,1H3. The maximum absolute atomic E-state index is 13.6. The van der Waals surface area contributed by atoms with Crippen LogP contribution in [0.1, 0.15) is 23.7 Å². The molecule has 2 aromatic heterocycles. The lowest BCUT2D eigenvalue weighted by atomic mass is 10.1. The highest BCUT2D eigenvalue weighted by molar-refractivity contribution is 7.98. The lowest BCUT2D eigenvalue weighted by molar-refractivity contribution is 0.827. The minimum atomic E-state index is -0.139. The van der Waals surface area contributed by atoms with E-state index in [0.717, 1.165) is 26.4 Å². The van der Waals surface area contributed by atoms with Gasteiger partial charge in [-0.25, -0.2) is 4.98 Å². The molecule has 34 heavy (non-hydrogen) atoms. The van der Waals surface area contributed by atoms with Crippen molar-refractivity contribution in [3.63, 3.8) is 0 Å². The number of halogens is 1. The van der Waals surface area contributed by atoms with Gasteiger partial charge in [-0.3, -0.25) is 14.9 Å². The summed E-state index contributed by atoms with van der Waals surface area (Å²) in [4.78, 5) is 24.0. The second-order valence-electron chi connectivity index (χ2n) is 7.70. The molecule has 0 aliphatic carbocycles. The van der Waals surface area contributed by atoms with Crippen LogP contribution >= 0.6 is 34.7 Å². The van der Waals surface area contributed by atoms with E-state index in [9.17, 15) is 4.79 Å². The summed E-state index contributed by atoms with van der Waals surface area (Å²) in [6.45, 7) is 2.41. The van der Waals surface area contributed by atoms with Gasteiger partial charge < -0.3 is 0 Å². The lowest BCUT2D eigenvalue weighted by Gasteiger charge is -2.04. The zero-order chi connectivity index (χ0) is 23.5. The molecule has 2 heterocycles. The van der Waals surface area contributed by atoms with Gasteiger partial charge in [0.25, 0.3) is 5.56 Å². The maximum Gasteiger partial charge on any atom is 0.282 e. The number of hydrogen-bond donors (Lipinski definition) is 1. The second-order valence-corrected chi connectivity index (χ2v) is 10.2. The number of aromatic nitrogens is 3. The number of nitrogens with one attached hydrogen (secondary N) is 1. The summed E-state index contributed by atoms with van der Waals surface area (Å²) >= 11 is 9.14. The third-order valence-corrected chi connectivity index (χ3v) is 7.65. The number of para-hydroxylation sites is 1. The fourth-order valence-electron chi connectivity index (χ4n) is 3.61. The highest BCUT2D eigenvalue weighted by Crippen LogP contribution is 2.27. The van der Waals surface area contributed by atoms with Gasteiger partial charge in [-0.15, -0.1) is 11.8 Å². The minimum Gasteiger partial charge on any atom is -0.291 e. The first-order chi connectivity index (χ1) is 16.6. The van der Waals surface area contributed by atoms with E-state index in [0.29, 0.717) is 33.7 Å². The molecule has 0 aliphatic rings. The molecule has 0 saturated heterocycles. The zero-order valence-electron chi connectivity index (χ0n) is 18.4. The normalized spacial score (nSPS) is 11.9. The van der Waals surface area contributed by atoms with Gasteiger partial charge in [0.2, 0.25) is 5.13 Å². The van der Waals surface area contributed by atoms with Crippen LogP contribution in [-0.4, -0.2) is 20.5 Å². The molecule has 1 N–H and O–H groups in total. The molecule has 3 aromatic carbocycles. The van der Waals surface area contributed by atoms with Crippen LogP contribution in [0.4, 0.5) is 0 Å².